The third kappa shape index (κ3) is 3.52. The zero-order valence-corrected chi connectivity index (χ0v) is 15.2. The van der Waals surface area contributed by atoms with Crippen molar-refractivity contribution in [2.75, 3.05) is 5.32 Å². The SMILES string of the molecule is Cc1cccc(C)c1OC(C)C(=O)Nc1nc2ccc(Cl)cc2s1. The summed E-state index contributed by atoms with van der Waals surface area (Å²) in [7, 11) is 0. The number of carbonyl (C=O) groups is 1. The third-order valence-electron chi connectivity index (χ3n) is 3.65. The largest absolute Gasteiger partial charge is 0.480 e. The number of amides is 1. The fourth-order valence-corrected chi connectivity index (χ4v) is 3.52. The molecule has 1 N–H and O–H groups in total. The van der Waals surface area contributed by atoms with Crippen LogP contribution in [0.5, 0.6) is 5.75 Å². The standard InChI is InChI=1S/C18H17ClN2O2S/c1-10-5-4-6-11(2)16(10)23-12(3)17(22)21-18-20-14-8-7-13(19)9-15(14)24-18/h4-9,12H,1-3H3,(H,20,21,22). The van der Waals surface area contributed by atoms with Gasteiger partial charge in [-0.1, -0.05) is 41.1 Å². The summed E-state index contributed by atoms with van der Waals surface area (Å²) < 4.78 is 6.78. The number of nitrogens with zero attached hydrogens (tertiary/aromatic N) is 1. The average Bonchev–Trinajstić information content (AvgIpc) is 2.92. The van der Waals surface area contributed by atoms with Crippen molar-refractivity contribution in [1.82, 2.24) is 4.98 Å². The lowest BCUT2D eigenvalue weighted by molar-refractivity contribution is -0.122. The van der Waals surface area contributed by atoms with E-state index in [2.05, 4.69) is 10.3 Å². The maximum Gasteiger partial charge on any atom is 0.266 e. The van der Waals surface area contributed by atoms with E-state index in [1.54, 1.807) is 13.0 Å². The molecule has 2 aromatic carbocycles. The Hall–Kier alpha value is -2.11. The number of para-hydroxylation sites is 1. The highest BCUT2D eigenvalue weighted by Gasteiger charge is 2.18. The Morgan fingerprint density at radius 3 is 2.67 bits per heavy atom. The number of thiazole rings is 1. The predicted molar refractivity (Wildman–Crippen MR) is 99.3 cm³/mol. The van der Waals surface area contributed by atoms with Crippen molar-refractivity contribution in [3.63, 3.8) is 0 Å². The molecular formula is C18H17ClN2O2S. The predicted octanol–water partition coefficient (Wildman–Crippen LogP) is 4.97. The highest BCUT2D eigenvalue weighted by atomic mass is 35.5. The summed E-state index contributed by atoms with van der Waals surface area (Å²) in [6.07, 6.45) is -0.625. The van der Waals surface area contributed by atoms with E-state index in [9.17, 15) is 4.79 Å². The van der Waals surface area contributed by atoms with E-state index in [1.807, 2.05) is 44.2 Å². The van der Waals surface area contributed by atoms with Crippen LogP contribution >= 0.6 is 22.9 Å². The van der Waals surface area contributed by atoms with Gasteiger partial charge in [0.25, 0.3) is 5.91 Å². The Kier molecular flexibility index (Phi) is 4.73. The molecule has 0 saturated heterocycles. The first-order valence-corrected chi connectivity index (χ1v) is 8.73. The van der Waals surface area contributed by atoms with Gasteiger partial charge in [-0.3, -0.25) is 10.1 Å². The first-order chi connectivity index (χ1) is 11.4. The maximum absolute atomic E-state index is 12.4. The number of ether oxygens (including phenoxy) is 1. The van der Waals surface area contributed by atoms with Gasteiger partial charge in [0.1, 0.15) is 5.75 Å². The molecule has 0 aliphatic carbocycles. The quantitative estimate of drug-likeness (QED) is 0.714. The van der Waals surface area contributed by atoms with Crippen molar-refractivity contribution < 1.29 is 9.53 Å². The second-order valence-electron chi connectivity index (χ2n) is 5.60. The number of aromatic nitrogens is 1. The van der Waals surface area contributed by atoms with E-state index < -0.39 is 6.10 Å². The molecule has 3 rings (SSSR count). The third-order valence-corrected chi connectivity index (χ3v) is 4.82. The van der Waals surface area contributed by atoms with Crippen molar-refractivity contribution in [2.24, 2.45) is 0 Å². The molecule has 6 heteroatoms. The molecule has 0 aliphatic heterocycles. The van der Waals surface area contributed by atoms with E-state index >= 15 is 0 Å². The molecule has 0 bridgehead atoms. The molecule has 1 unspecified atom stereocenters. The lowest BCUT2D eigenvalue weighted by Crippen LogP contribution is -2.30. The van der Waals surface area contributed by atoms with E-state index in [0.717, 1.165) is 27.1 Å². The second-order valence-corrected chi connectivity index (χ2v) is 7.07. The summed E-state index contributed by atoms with van der Waals surface area (Å²) in [5.41, 5.74) is 2.82. The van der Waals surface area contributed by atoms with Crippen LogP contribution in [-0.2, 0) is 4.79 Å². The van der Waals surface area contributed by atoms with Crippen LogP contribution in [0, 0.1) is 13.8 Å². The van der Waals surface area contributed by atoms with E-state index in [-0.39, 0.29) is 5.91 Å². The van der Waals surface area contributed by atoms with Crippen LogP contribution in [0.4, 0.5) is 5.13 Å². The van der Waals surface area contributed by atoms with Gasteiger partial charge < -0.3 is 4.74 Å². The van der Waals surface area contributed by atoms with Gasteiger partial charge in [-0.2, -0.15) is 0 Å². The van der Waals surface area contributed by atoms with Crippen LogP contribution in [0.3, 0.4) is 0 Å². The molecule has 3 aromatic rings. The smallest absolute Gasteiger partial charge is 0.266 e. The Morgan fingerprint density at radius 2 is 1.96 bits per heavy atom. The Labute approximate surface area is 149 Å². The number of hydrogen-bond acceptors (Lipinski definition) is 4. The maximum atomic E-state index is 12.4. The minimum atomic E-state index is -0.625. The van der Waals surface area contributed by atoms with Crippen LogP contribution in [-0.4, -0.2) is 17.0 Å². The first-order valence-electron chi connectivity index (χ1n) is 7.54. The molecule has 1 aromatic heterocycles. The number of halogens is 1. The minimum Gasteiger partial charge on any atom is -0.480 e. The molecule has 0 fully saturated rings. The number of rotatable bonds is 4. The van der Waals surface area contributed by atoms with Gasteiger partial charge in [0.05, 0.1) is 10.2 Å². The lowest BCUT2D eigenvalue weighted by Gasteiger charge is -2.17. The number of anilines is 1. The molecule has 0 aliphatic rings. The van der Waals surface area contributed by atoms with E-state index in [1.165, 1.54) is 11.3 Å². The fraction of sp³-hybridized carbons (Fsp3) is 0.222. The van der Waals surface area contributed by atoms with Crippen LogP contribution in [0.15, 0.2) is 36.4 Å². The highest BCUT2D eigenvalue weighted by Crippen LogP contribution is 2.29. The number of benzene rings is 2. The number of carbonyl (C=O) groups excluding carboxylic acids is 1. The van der Waals surface area contributed by atoms with Gasteiger partial charge in [0, 0.05) is 5.02 Å². The van der Waals surface area contributed by atoms with Gasteiger partial charge in [-0.25, -0.2) is 4.98 Å². The summed E-state index contributed by atoms with van der Waals surface area (Å²) >= 11 is 7.36. The van der Waals surface area contributed by atoms with Crippen molar-refractivity contribution in [1.29, 1.82) is 0 Å². The Balaban J connectivity index is 1.73. The molecule has 124 valence electrons. The summed E-state index contributed by atoms with van der Waals surface area (Å²) in [5.74, 6) is 0.513. The topological polar surface area (TPSA) is 51.2 Å². The number of aryl methyl sites for hydroxylation is 2. The summed E-state index contributed by atoms with van der Waals surface area (Å²) in [5, 5.41) is 4.00. The Morgan fingerprint density at radius 1 is 1.25 bits per heavy atom. The first kappa shape index (κ1) is 16.7. The van der Waals surface area contributed by atoms with Gasteiger partial charge in [-0.05, 0) is 50.1 Å². The minimum absolute atomic E-state index is 0.234. The summed E-state index contributed by atoms with van der Waals surface area (Å²) in [6, 6.07) is 11.3. The molecule has 1 amide bonds. The van der Waals surface area contributed by atoms with E-state index in [0.29, 0.717) is 10.2 Å². The van der Waals surface area contributed by atoms with Gasteiger partial charge >= 0.3 is 0 Å². The van der Waals surface area contributed by atoms with Crippen LogP contribution in [0.25, 0.3) is 10.2 Å². The molecular weight excluding hydrogens is 344 g/mol. The zero-order valence-electron chi connectivity index (χ0n) is 13.6. The van der Waals surface area contributed by atoms with Crippen molar-refractivity contribution in [3.8, 4) is 5.75 Å². The molecule has 4 nitrogen and oxygen atoms in total. The number of hydrogen-bond donors (Lipinski definition) is 1. The zero-order chi connectivity index (χ0) is 17.3. The molecule has 0 saturated carbocycles. The van der Waals surface area contributed by atoms with Gasteiger partial charge in [0.15, 0.2) is 11.2 Å². The molecule has 0 spiro atoms. The normalized spacial score (nSPS) is 12.2. The molecule has 24 heavy (non-hydrogen) atoms. The second kappa shape index (κ2) is 6.79. The van der Waals surface area contributed by atoms with Crippen molar-refractivity contribution in [3.05, 3.63) is 52.5 Å². The van der Waals surface area contributed by atoms with Crippen molar-refractivity contribution >= 4 is 44.2 Å². The van der Waals surface area contributed by atoms with Crippen LogP contribution in [0.1, 0.15) is 18.1 Å². The number of fused-ring (bicyclic) bond motifs is 1. The lowest BCUT2D eigenvalue weighted by atomic mass is 10.1. The monoisotopic (exact) mass is 360 g/mol. The van der Waals surface area contributed by atoms with Crippen molar-refractivity contribution in [2.45, 2.75) is 26.9 Å². The van der Waals surface area contributed by atoms with Gasteiger partial charge in [-0.15, -0.1) is 0 Å². The van der Waals surface area contributed by atoms with Crippen LogP contribution < -0.4 is 10.1 Å². The molecule has 0 radical (unpaired) electrons. The fourth-order valence-electron chi connectivity index (χ4n) is 2.37. The number of nitrogens with one attached hydrogen (secondary N) is 1. The van der Waals surface area contributed by atoms with Gasteiger partial charge in [0.2, 0.25) is 0 Å². The van der Waals surface area contributed by atoms with Crippen LogP contribution in [0.2, 0.25) is 5.02 Å². The summed E-state index contributed by atoms with van der Waals surface area (Å²) in [4.78, 5) is 16.8. The highest BCUT2D eigenvalue weighted by molar-refractivity contribution is 7.22. The average molecular weight is 361 g/mol. The molecule has 1 heterocycles. The molecule has 1 atom stereocenters. The summed E-state index contributed by atoms with van der Waals surface area (Å²) in [6.45, 7) is 5.65. The Bertz CT molecular complexity index is 887. The van der Waals surface area contributed by atoms with E-state index in [4.69, 9.17) is 16.3 Å².